The molecule has 1 rings (SSSR count). The maximum Gasteiger partial charge on any atom is 0.347 e. The number of carbonyl (C=O) groups excluding carboxylic acids is 2. The van der Waals surface area contributed by atoms with Gasteiger partial charge in [-0.3, -0.25) is 20.1 Å². The van der Waals surface area contributed by atoms with Gasteiger partial charge in [0.1, 0.15) is 0 Å². The second-order valence-corrected chi connectivity index (χ2v) is 2.27. The van der Waals surface area contributed by atoms with Crippen molar-refractivity contribution < 1.29 is 24.7 Å². The van der Waals surface area contributed by atoms with Crippen molar-refractivity contribution in [2.75, 3.05) is 6.54 Å². The zero-order chi connectivity index (χ0) is 9.30. The van der Waals surface area contributed by atoms with Crippen LogP contribution >= 0.6 is 0 Å². The van der Waals surface area contributed by atoms with Gasteiger partial charge in [0.25, 0.3) is 0 Å². The molecule has 3 amide bonds. The number of hydrogen-bond acceptors (Lipinski definition) is 4. The zero-order valence-electron chi connectivity index (χ0n) is 5.85. The number of carboxylic acid groups (broad SMARTS) is 1. The molecule has 1 unspecified atom stereocenters. The van der Waals surface area contributed by atoms with Crippen LogP contribution < -0.4 is 5.32 Å². The SMILES string of the molecule is O=C(O)C1CN(O)C(=O)NC1=O. The van der Waals surface area contributed by atoms with Gasteiger partial charge in [0.05, 0.1) is 6.54 Å². The molecule has 0 spiro atoms. The number of rotatable bonds is 1. The molecule has 0 radical (unpaired) electrons. The van der Waals surface area contributed by atoms with Crippen molar-refractivity contribution in [3.8, 4) is 0 Å². The Labute approximate surface area is 66.5 Å². The minimum atomic E-state index is -1.40. The third-order valence-electron chi connectivity index (χ3n) is 1.43. The molecular formula is C5H6N2O5. The number of amides is 3. The third-order valence-corrected chi connectivity index (χ3v) is 1.43. The lowest BCUT2D eigenvalue weighted by Crippen LogP contribution is -2.55. The summed E-state index contributed by atoms with van der Waals surface area (Å²) in [5.41, 5.74) is 0. The summed E-state index contributed by atoms with van der Waals surface area (Å²) >= 11 is 0. The molecule has 0 aliphatic carbocycles. The summed E-state index contributed by atoms with van der Waals surface area (Å²) in [5, 5.41) is 19.0. The largest absolute Gasteiger partial charge is 0.481 e. The molecule has 0 bridgehead atoms. The molecule has 0 aromatic rings. The number of aliphatic carboxylic acids is 1. The van der Waals surface area contributed by atoms with E-state index in [2.05, 4.69) is 0 Å². The summed E-state index contributed by atoms with van der Waals surface area (Å²) in [4.78, 5) is 31.6. The Morgan fingerprint density at radius 3 is 2.67 bits per heavy atom. The van der Waals surface area contributed by atoms with E-state index in [4.69, 9.17) is 10.3 Å². The van der Waals surface area contributed by atoms with E-state index in [-0.39, 0.29) is 5.06 Å². The van der Waals surface area contributed by atoms with Gasteiger partial charge in [0.15, 0.2) is 5.92 Å². The molecule has 1 aliphatic heterocycles. The predicted octanol–water partition coefficient (Wildman–Crippen LogP) is -1.37. The molecule has 66 valence electrons. The van der Waals surface area contributed by atoms with Gasteiger partial charge in [0.2, 0.25) is 5.91 Å². The normalized spacial score (nSPS) is 23.8. The first-order chi connectivity index (χ1) is 5.52. The number of hydroxylamine groups is 2. The Kier molecular flexibility index (Phi) is 1.96. The molecule has 1 atom stereocenters. The smallest absolute Gasteiger partial charge is 0.347 e. The Morgan fingerprint density at radius 1 is 1.58 bits per heavy atom. The Balaban J connectivity index is 2.74. The molecule has 0 saturated carbocycles. The van der Waals surface area contributed by atoms with Gasteiger partial charge < -0.3 is 5.11 Å². The summed E-state index contributed by atoms with van der Waals surface area (Å²) in [6.07, 6.45) is 0. The first kappa shape index (κ1) is 8.47. The molecular weight excluding hydrogens is 168 g/mol. The van der Waals surface area contributed by atoms with Crippen LogP contribution in [0.5, 0.6) is 0 Å². The van der Waals surface area contributed by atoms with E-state index < -0.39 is 30.4 Å². The van der Waals surface area contributed by atoms with Crippen LogP contribution in [0, 0.1) is 5.92 Å². The number of urea groups is 1. The van der Waals surface area contributed by atoms with Crippen molar-refractivity contribution in [1.82, 2.24) is 10.4 Å². The van der Waals surface area contributed by atoms with Crippen molar-refractivity contribution in [3.05, 3.63) is 0 Å². The standard InChI is InChI=1S/C5H6N2O5/c8-3-2(4(9)10)1-7(12)5(11)6-3/h2,12H,1H2,(H,9,10)(H,6,8,11). The van der Waals surface area contributed by atoms with E-state index in [1.807, 2.05) is 0 Å². The number of nitrogens with zero attached hydrogens (tertiary/aromatic N) is 1. The fraction of sp³-hybridized carbons (Fsp3) is 0.400. The monoisotopic (exact) mass is 174 g/mol. The quantitative estimate of drug-likeness (QED) is 0.335. The zero-order valence-corrected chi connectivity index (χ0v) is 5.85. The minimum absolute atomic E-state index is 0.153. The molecule has 1 fully saturated rings. The van der Waals surface area contributed by atoms with Crippen LogP contribution in [0.15, 0.2) is 0 Å². The highest BCUT2D eigenvalue weighted by Gasteiger charge is 2.36. The van der Waals surface area contributed by atoms with Crippen LogP contribution in [0.1, 0.15) is 0 Å². The fourth-order valence-corrected chi connectivity index (χ4v) is 0.786. The van der Waals surface area contributed by atoms with Crippen molar-refractivity contribution in [2.24, 2.45) is 5.92 Å². The second kappa shape index (κ2) is 2.78. The number of imide groups is 1. The lowest BCUT2D eigenvalue weighted by Gasteiger charge is -2.24. The van der Waals surface area contributed by atoms with Crippen LogP contribution in [0.3, 0.4) is 0 Å². The molecule has 7 heteroatoms. The highest BCUT2D eigenvalue weighted by Crippen LogP contribution is 2.05. The molecule has 1 aliphatic rings. The first-order valence-corrected chi connectivity index (χ1v) is 3.06. The lowest BCUT2D eigenvalue weighted by molar-refractivity contribution is -0.154. The van der Waals surface area contributed by atoms with Gasteiger partial charge >= 0.3 is 12.0 Å². The van der Waals surface area contributed by atoms with Crippen molar-refractivity contribution >= 4 is 17.9 Å². The van der Waals surface area contributed by atoms with E-state index in [1.54, 1.807) is 5.32 Å². The molecule has 0 aromatic carbocycles. The van der Waals surface area contributed by atoms with Gasteiger partial charge in [0, 0.05) is 0 Å². The minimum Gasteiger partial charge on any atom is -0.481 e. The van der Waals surface area contributed by atoms with Crippen molar-refractivity contribution in [1.29, 1.82) is 0 Å². The molecule has 0 aromatic heterocycles. The van der Waals surface area contributed by atoms with E-state index in [1.165, 1.54) is 0 Å². The number of nitrogens with one attached hydrogen (secondary N) is 1. The average molecular weight is 174 g/mol. The van der Waals surface area contributed by atoms with Gasteiger partial charge in [-0.1, -0.05) is 0 Å². The summed E-state index contributed by atoms with van der Waals surface area (Å²) in [7, 11) is 0. The predicted molar refractivity (Wildman–Crippen MR) is 33.2 cm³/mol. The van der Waals surface area contributed by atoms with Crippen molar-refractivity contribution in [2.45, 2.75) is 0 Å². The second-order valence-electron chi connectivity index (χ2n) is 2.27. The number of carboxylic acids is 1. The van der Waals surface area contributed by atoms with Crippen LogP contribution in [-0.2, 0) is 9.59 Å². The Hall–Kier alpha value is -1.63. The maximum absolute atomic E-state index is 10.7. The van der Waals surface area contributed by atoms with E-state index >= 15 is 0 Å². The summed E-state index contributed by atoms with van der Waals surface area (Å²) < 4.78 is 0. The Bertz CT molecular complexity index is 250. The molecule has 3 N–H and O–H groups in total. The maximum atomic E-state index is 10.7. The van der Waals surface area contributed by atoms with Crippen LogP contribution in [0.2, 0.25) is 0 Å². The molecule has 1 saturated heterocycles. The molecule has 12 heavy (non-hydrogen) atoms. The van der Waals surface area contributed by atoms with Gasteiger partial charge in [-0.15, -0.1) is 0 Å². The van der Waals surface area contributed by atoms with Gasteiger partial charge in [-0.25, -0.2) is 9.86 Å². The highest BCUT2D eigenvalue weighted by molar-refractivity contribution is 6.06. The number of carbonyl (C=O) groups is 3. The highest BCUT2D eigenvalue weighted by atomic mass is 16.5. The third kappa shape index (κ3) is 1.35. The fourth-order valence-electron chi connectivity index (χ4n) is 0.786. The van der Waals surface area contributed by atoms with Crippen LogP contribution in [-0.4, -0.2) is 39.8 Å². The Morgan fingerprint density at radius 2 is 2.17 bits per heavy atom. The van der Waals surface area contributed by atoms with Gasteiger partial charge in [-0.05, 0) is 0 Å². The average Bonchev–Trinajstić information content (AvgIpc) is 1.96. The molecule has 1 heterocycles. The van der Waals surface area contributed by atoms with Crippen LogP contribution in [0.25, 0.3) is 0 Å². The summed E-state index contributed by atoms with van der Waals surface area (Å²) in [5.74, 6) is -3.68. The number of hydrogen-bond donors (Lipinski definition) is 3. The van der Waals surface area contributed by atoms with Gasteiger partial charge in [-0.2, -0.15) is 0 Å². The topological polar surface area (TPSA) is 107 Å². The summed E-state index contributed by atoms with van der Waals surface area (Å²) in [6, 6.07) is -1.00. The molecule has 7 nitrogen and oxygen atoms in total. The first-order valence-electron chi connectivity index (χ1n) is 3.06. The van der Waals surface area contributed by atoms with Crippen molar-refractivity contribution in [3.63, 3.8) is 0 Å². The lowest BCUT2D eigenvalue weighted by atomic mass is 10.1. The van der Waals surface area contributed by atoms with Crippen LogP contribution in [0.4, 0.5) is 4.79 Å². The van der Waals surface area contributed by atoms with E-state index in [9.17, 15) is 14.4 Å². The van der Waals surface area contributed by atoms with E-state index in [0.29, 0.717) is 0 Å². The van der Waals surface area contributed by atoms with E-state index in [0.717, 1.165) is 0 Å². The summed E-state index contributed by atoms with van der Waals surface area (Å²) in [6.45, 7) is -0.514.